The summed E-state index contributed by atoms with van der Waals surface area (Å²) in [5.41, 5.74) is 8.28. The zero-order valence-corrected chi connectivity index (χ0v) is 13.4. The quantitative estimate of drug-likeness (QED) is 0.911. The van der Waals surface area contributed by atoms with Crippen LogP contribution in [0.3, 0.4) is 0 Å². The zero-order chi connectivity index (χ0) is 15.3. The van der Waals surface area contributed by atoms with Gasteiger partial charge in [0.2, 0.25) is 0 Å². The van der Waals surface area contributed by atoms with Crippen molar-refractivity contribution in [3.8, 4) is 0 Å². The summed E-state index contributed by atoms with van der Waals surface area (Å²) in [5, 5.41) is 8.08. The number of aromatic nitrogens is 3. The van der Waals surface area contributed by atoms with E-state index in [1.165, 1.54) is 18.5 Å². The van der Waals surface area contributed by atoms with Crippen LogP contribution in [0.4, 0.5) is 5.82 Å². The SMILES string of the molecule is CC(C)(c1cc(N[C@H]2CC[C@H](N)C2)n2nccc2n1)C1CC1. The highest BCUT2D eigenvalue weighted by molar-refractivity contribution is 5.51. The van der Waals surface area contributed by atoms with Gasteiger partial charge < -0.3 is 11.1 Å². The predicted molar refractivity (Wildman–Crippen MR) is 88.0 cm³/mol. The first-order valence-corrected chi connectivity index (χ1v) is 8.41. The van der Waals surface area contributed by atoms with Gasteiger partial charge >= 0.3 is 0 Å². The van der Waals surface area contributed by atoms with Crippen molar-refractivity contribution < 1.29 is 0 Å². The van der Waals surface area contributed by atoms with Gasteiger partial charge in [0.1, 0.15) is 5.82 Å². The summed E-state index contributed by atoms with van der Waals surface area (Å²) in [6.07, 6.45) is 7.73. The van der Waals surface area contributed by atoms with Crippen LogP contribution in [0.5, 0.6) is 0 Å². The lowest BCUT2D eigenvalue weighted by molar-refractivity contribution is 0.441. The Morgan fingerprint density at radius 2 is 2.09 bits per heavy atom. The maximum Gasteiger partial charge on any atom is 0.157 e. The highest BCUT2D eigenvalue weighted by atomic mass is 15.3. The van der Waals surface area contributed by atoms with Gasteiger partial charge in [-0.25, -0.2) is 4.98 Å². The molecule has 118 valence electrons. The normalized spacial score (nSPS) is 25.8. The third-order valence-electron chi connectivity index (χ3n) is 5.44. The molecule has 0 aromatic carbocycles. The lowest BCUT2D eigenvalue weighted by atomic mass is 9.83. The van der Waals surface area contributed by atoms with Crippen LogP contribution < -0.4 is 11.1 Å². The molecule has 2 aromatic rings. The number of anilines is 1. The fourth-order valence-corrected chi connectivity index (χ4v) is 3.72. The summed E-state index contributed by atoms with van der Waals surface area (Å²) >= 11 is 0. The molecule has 2 aliphatic carbocycles. The van der Waals surface area contributed by atoms with E-state index < -0.39 is 0 Å². The first-order chi connectivity index (χ1) is 10.5. The van der Waals surface area contributed by atoms with Crippen molar-refractivity contribution in [3.63, 3.8) is 0 Å². The van der Waals surface area contributed by atoms with Gasteiger partial charge in [-0.1, -0.05) is 13.8 Å². The fraction of sp³-hybridized carbons (Fsp3) is 0.647. The summed E-state index contributed by atoms with van der Waals surface area (Å²) in [5.74, 6) is 1.82. The van der Waals surface area contributed by atoms with Crippen molar-refractivity contribution in [2.24, 2.45) is 11.7 Å². The first kappa shape index (κ1) is 14.0. The van der Waals surface area contributed by atoms with Crippen molar-refractivity contribution in [1.82, 2.24) is 14.6 Å². The van der Waals surface area contributed by atoms with Crippen LogP contribution >= 0.6 is 0 Å². The van der Waals surface area contributed by atoms with Crippen molar-refractivity contribution in [2.45, 2.75) is 63.5 Å². The van der Waals surface area contributed by atoms with Gasteiger partial charge in [0, 0.05) is 29.6 Å². The molecule has 0 amide bonds. The van der Waals surface area contributed by atoms with Gasteiger partial charge in [-0.05, 0) is 38.0 Å². The van der Waals surface area contributed by atoms with E-state index in [2.05, 4.69) is 30.3 Å². The number of nitrogens with two attached hydrogens (primary N) is 1. The van der Waals surface area contributed by atoms with Gasteiger partial charge in [0.15, 0.2) is 5.65 Å². The topological polar surface area (TPSA) is 68.2 Å². The monoisotopic (exact) mass is 299 g/mol. The highest BCUT2D eigenvalue weighted by Gasteiger charge is 2.40. The van der Waals surface area contributed by atoms with E-state index in [9.17, 15) is 0 Å². The van der Waals surface area contributed by atoms with Gasteiger partial charge in [0.25, 0.3) is 0 Å². The van der Waals surface area contributed by atoms with Crippen molar-refractivity contribution in [1.29, 1.82) is 0 Å². The Morgan fingerprint density at radius 3 is 2.77 bits per heavy atom. The van der Waals surface area contributed by atoms with Crippen molar-refractivity contribution in [3.05, 3.63) is 24.0 Å². The minimum absolute atomic E-state index is 0.133. The van der Waals surface area contributed by atoms with Crippen LogP contribution in [-0.2, 0) is 5.41 Å². The van der Waals surface area contributed by atoms with Crippen LogP contribution in [-0.4, -0.2) is 26.7 Å². The summed E-state index contributed by atoms with van der Waals surface area (Å²) < 4.78 is 1.91. The summed E-state index contributed by atoms with van der Waals surface area (Å²) in [4.78, 5) is 4.85. The maximum absolute atomic E-state index is 6.04. The molecule has 5 heteroatoms. The molecule has 0 saturated heterocycles. The van der Waals surface area contributed by atoms with Crippen LogP contribution in [0.1, 0.15) is 51.6 Å². The van der Waals surface area contributed by atoms with E-state index in [4.69, 9.17) is 10.7 Å². The number of hydrogen-bond acceptors (Lipinski definition) is 4. The molecule has 3 N–H and O–H groups in total. The molecule has 2 aromatic heterocycles. The second kappa shape index (κ2) is 4.95. The molecular weight excluding hydrogens is 274 g/mol. The molecule has 2 saturated carbocycles. The number of hydrogen-bond donors (Lipinski definition) is 2. The van der Waals surface area contributed by atoms with Gasteiger partial charge in [0.05, 0.1) is 11.9 Å². The fourth-order valence-electron chi connectivity index (χ4n) is 3.72. The molecule has 0 aliphatic heterocycles. The second-order valence-corrected chi connectivity index (χ2v) is 7.54. The molecule has 0 radical (unpaired) electrons. The number of rotatable bonds is 4. The minimum Gasteiger partial charge on any atom is -0.367 e. The average molecular weight is 299 g/mol. The molecule has 2 heterocycles. The standard InChI is InChI=1S/C17H25N5/c1-17(2,11-3-4-11)14-10-16(20-13-6-5-12(18)9-13)22-15(21-14)7-8-19-22/h7-8,10-13,20H,3-6,9,18H2,1-2H3/t12-,13-/m0/s1. The van der Waals surface area contributed by atoms with E-state index in [1.807, 2.05) is 16.8 Å². The van der Waals surface area contributed by atoms with Crippen molar-refractivity contribution in [2.75, 3.05) is 5.32 Å². The van der Waals surface area contributed by atoms with E-state index >= 15 is 0 Å². The summed E-state index contributed by atoms with van der Waals surface area (Å²) in [6, 6.07) is 4.96. The predicted octanol–water partition coefficient (Wildman–Crippen LogP) is 2.71. The molecular formula is C17H25N5. The largest absolute Gasteiger partial charge is 0.367 e. The smallest absolute Gasteiger partial charge is 0.157 e. The molecule has 22 heavy (non-hydrogen) atoms. The Hall–Kier alpha value is -1.62. The Morgan fingerprint density at radius 1 is 1.27 bits per heavy atom. The van der Waals surface area contributed by atoms with Crippen LogP contribution in [0, 0.1) is 5.92 Å². The van der Waals surface area contributed by atoms with E-state index in [0.29, 0.717) is 12.1 Å². The van der Waals surface area contributed by atoms with Crippen molar-refractivity contribution >= 4 is 11.5 Å². The van der Waals surface area contributed by atoms with Crippen LogP contribution in [0.2, 0.25) is 0 Å². The molecule has 5 nitrogen and oxygen atoms in total. The third-order valence-corrected chi connectivity index (χ3v) is 5.44. The Balaban J connectivity index is 1.71. The molecule has 0 bridgehead atoms. The Bertz CT molecular complexity index is 685. The molecule has 0 spiro atoms. The lowest BCUT2D eigenvalue weighted by Gasteiger charge is -2.25. The summed E-state index contributed by atoms with van der Waals surface area (Å²) in [6.45, 7) is 4.63. The van der Waals surface area contributed by atoms with Crippen LogP contribution in [0.15, 0.2) is 18.3 Å². The summed E-state index contributed by atoms with van der Waals surface area (Å²) in [7, 11) is 0. The average Bonchev–Trinajstić information content (AvgIpc) is 3.11. The molecule has 2 aliphatic rings. The Labute approximate surface area is 131 Å². The molecule has 0 unspecified atom stereocenters. The number of fused-ring (bicyclic) bond motifs is 1. The Kier molecular flexibility index (Phi) is 3.15. The number of nitrogens with one attached hydrogen (secondary N) is 1. The molecule has 2 atom stereocenters. The molecule has 4 rings (SSSR count). The third kappa shape index (κ3) is 2.37. The number of nitrogens with zero attached hydrogens (tertiary/aromatic N) is 3. The molecule has 2 fully saturated rings. The maximum atomic E-state index is 6.04. The van der Waals surface area contributed by atoms with Gasteiger partial charge in [-0.3, -0.25) is 0 Å². The minimum atomic E-state index is 0.133. The van der Waals surface area contributed by atoms with E-state index in [-0.39, 0.29) is 5.41 Å². The lowest BCUT2D eigenvalue weighted by Crippen LogP contribution is -2.25. The van der Waals surface area contributed by atoms with E-state index in [0.717, 1.165) is 36.6 Å². The first-order valence-electron chi connectivity index (χ1n) is 8.41. The van der Waals surface area contributed by atoms with Gasteiger partial charge in [-0.2, -0.15) is 9.61 Å². The van der Waals surface area contributed by atoms with Crippen LogP contribution in [0.25, 0.3) is 5.65 Å². The van der Waals surface area contributed by atoms with Gasteiger partial charge in [-0.15, -0.1) is 0 Å². The zero-order valence-electron chi connectivity index (χ0n) is 13.4. The highest BCUT2D eigenvalue weighted by Crippen LogP contribution is 2.46. The van der Waals surface area contributed by atoms with E-state index in [1.54, 1.807) is 0 Å². The second-order valence-electron chi connectivity index (χ2n) is 7.54.